The van der Waals surface area contributed by atoms with E-state index in [-0.39, 0.29) is 6.10 Å². The van der Waals surface area contributed by atoms with Crippen LogP contribution in [0, 0.1) is 6.92 Å². The molecule has 0 aliphatic heterocycles. The maximum absolute atomic E-state index is 5.68. The quantitative estimate of drug-likeness (QED) is 0.644. The van der Waals surface area contributed by atoms with Crippen LogP contribution in [0.1, 0.15) is 25.1 Å². The topological polar surface area (TPSA) is 50.3 Å². The number of rotatable bonds is 7. The van der Waals surface area contributed by atoms with Gasteiger partial charge in [-0.15, -0.1) is 0 Å². The largest absolute Gasteiger partial charge is 0.491 e. The van der Waals surface area contributed by atoms with Crippen molar-refractivity contribution in [2.75, 3.05) is 17.3 Å². The predicted molar refractivity (Wildman–Crippen MR) is 111 cm³/mol. The first kappa shape index (κ1) is 18.7. The van der Waals surface area contributed by atoms with Crippen LogP contribution in [-0.4, -0.2) is 23.1 Å². The Kier molecular flexibility index (Phi) is 5.91. The molecule has 0 saturated carbocycles. The summed E-state index contributed by atoms with van der Waals surface area (Å²) in [6.45, 7) is 6.80. The van der Waals surface area contributed by atoms with Gasteiger partial charge in [0.2, 0.25) is 5.95 Å². The van der Waals surface area contributed by atoms with Crippen molar-refractivity contribution in [2.24, 2.45) is 0 Å². The summed E-state index contributed by atoms with van der Waals surface area (Å²) in [7, 11) is 2.04. The van der Waals surface area contributed by atoms with Crippen LogP contribution >= 0.6 is 0 Å². The third kappa shape index (κ3) is 5.45. The SMILES string of the molecule is Cc1cc(N(C)Cc2ccccc2)nc(Nc2ccc(OC(C)C)cc2)n1. The molecule has 1 N–H and O–H groups in total. The van der Waals surface area contributed by atoms with Gasteiger partial charge in [-0.2, -0.15) is 4.98 Å². The third-order valence-corrected chi connectivity index (χ3v) is 3.98. The highest BCUT2D eigenvalue weighted by atomic mass is 16.5. The van der Waals surface area contributed by atoms with E-state index in [1.807, 2.05) is 76.3 Å². The Morgan fingerprint density at radius 3 is 2.37 bits per heavy atom. The van der Waals surface area contributed by atoms with Gasteiger partial charge in [0.05, 0.1) is 6.10 Å². The van der Waals surface area contributed by atoms with Crippen molar-refractivity contribution < 1.29 is 4.74 Å². The third-order valence-electron chi connectivity index (χ3n) is 3.98. The van der Waals surface area contributed by atoms with Crippen LogP contribution < -0.4 is 15.0 Å². The van der Waals surface area contributed by atoms with Crippen LogP contribution in [0.25, 0.3) is 0 Å². The summed E-state index contributed by atoms with van der Waals surface area (Å²) in [4.78, 5) is 11.3. The Morgan fingerprint density at radius 1 is 1.00 bits per heavy atom. The van der Waals surface area contributed by atoms with Gasteiger partial charge in [0.25, 0.3) is 0 Å². The van der Waals surface area contributed by atoms with E-state index >= 15 is 0 Å². The molecule has 2 aromatic carbocycles. The molecule has 27 heavy (non-hydrogen) atoms. The molecular weight excluding hydrogens is 336 g/mol. The van der Waals surface area contributed by atoms with Gasteiger partial charge in [-0.1, -0.05) is 30.3 Å². The highest BCUT2D eigenvalue weighted by Crippen LogP contribution is 2.21. The van der Waals surface area contributed by atoms with Gasteiger partial charge in [0.15, 0.2) is 0 Å². The maximum Gasteiger partial charge on any atom is 0.229 e. The van der Waals surface area contributed by atoms with Gasteiger partial charge in [-0.05, 0) is 50.6 Å². The normalized spacial score (nSPS) is 10.7. The van der Waals surface area contributed by atoms with Crippen LogP contribution in [0.2, 0.25) is 0 Å². The molecule has 0 radical (unpaired) electrons. The summed E-state index contributed by atoms with van der Waals surface area (Å²) in [5.41, 5.74) is 3.09. The zero-order valence-electron chi connectivity index (χ0n) is 16.3. The Balaban J connectivity index is 1.73. The van der Waals surface area contributed by atoms with Gasteiger partial charge >= 0.3 is 0 Å². The average molecular weight is 362 g/mol. The molecule has 0 aliphatic rings. The fraction of sp³-hybridized carbons (Fsp3) is 0.273. The molecule has 0 unspecified atom stereocenters. The zero-order chi connectivity index (χ0) is 19.2. The summed E-state index contributed by atoms with van der Waals surface area (Å²) in [6, 6.07) is 20.2. The monoisotopic (exact) mass is 362 g/mol. The van der Waals surface area contributed by atoms with Crippen LogP contribution in [-0.2, 0) is 6.54 Å². The molecule has 3 rings (SSSR count). The number of nitrogens with zero attached hydrogens (tertiary/aromatic N) is 3. The van der Waals surface area contributed by atoms with E-state index < -0.39 is 0 Å². The van der Waals surface area contributed by atoms with E-state index in [4.69, 9.17) is 4.74 Å². The average Bonchev–Trinajstić information content (AvgIpc) is 2.63. The minimum atomic E-state index is 0.159. The van der Waals surface area contributed by atoms with E-state index in [9.17, 15) is 0 Å². The first-order chi connectivity index (χ1) is 13.0. The number of aryl methyl sites for hydroxylation is 1. The first-order valence-corrected chi connectivity index (χ1v) is 9.14. The molecular formula is C22H26N4O. The number of nitrogens with one attached hydrogen (secondary N) is 1. The van der Waals surface area contributed by atoms with Crippen molar-refractivity contribution in [2.45, 2.75) is 33.4 Å². The van der Waals surface area contributed by atoms with Crippen LogP contribution in [0.3, 0.4) is 0 Å². The summed E-state index contributed by atoms with van der Waals surface area (Å²) < 4.78 is 5.68. The van der Waals surface area contributed by atoms with E-state index in [0.29, 0.717) is 5.95 Å². The fourth-order valence-electron chi connectivity index (χ4n) is 2.76. The maximum atomic E-state index is 5.68. The van der Waals surface area contributed by atoms with Crippen LogP contribution in [0.4, 0.5) is 17.5 Å². The van der Waals surface area contributed by atoms with E-state index in [0.717, 1.165) is 29.5 Å². The Labute approximate surface area is 161 Å². The molecule has 1 heterocycles. The second kappa shape index (κ2) is 8.54. The van der Waals surface area contributed by atoms with Crippen molar-refractivity contribution in [3.05, 3.63) is 71.9 Å². The highest BCUT2D eigenvalue weighted by Gasteiger charge is 2.08. The van der Waals surface area contributed by atoms with Crippen molar-refractivity contribution in [3.63, 3.8) is 0 Å². The molecule has 0 amide bonds. The van der Waals surface area contributed by atoms with Crippen molar-refractivity contribution >= 4 is 17.5 Å². The minimum Gasteiger partial charge on any atom is -0.491 e. The summed E-state index contributed by atoms with van der Waals surface area (Å²) >= 11 is 0. The van der Waals surface area contributed by atoms with Crippen molar-refractivity contribution in [1.82, 2.24) is 9.97 Å². The van der Waals surface area contributed by atoms with Gasteiger partial charge in [0, 0.05) is 31.0 Å². The molecule has 3 aromatic rings. The number of ether oxygens (including phenoxy) is 1. The van der Waals surface area contributed by atoms with Crippen LogP contribution in [0.15, 0.2) is 60.7 Å². The number of hydrogen-bond donors (Lipinski definition) is 1. The van der Waals surface area contributed by atoms with E-state index in [1.54, 1.807) is 0 Å². The second-order valence-corrected chi connectivity index (χ2v) is 6.85. The number of aromatic nitrogens is 2. The zero-order valence-corrected chi connectivity index (χ0v) is 16.3. The van der Waals surface area contributed by atoms with E-state index in [1.165, 1.54) is 5.56 Å². The molecule has 0 spiro atoms. The lowest BCUT2D eigenvalue weighted by Gasteiger charge is -2.19. The standard InChI is InChI=1S/C22H26N4O/c1-16(2)27-20-12-10-19(11-13-20)24-22-23-17(3)14-21(25-22)26(4)15-18-8-6-5-7-9-18/h5-14,16H,15H2,1-4H3,(H,23,24,25). The Bertz CT molecular complexity index is 863. The molecule has 140 valence electrons. The van der Waals surface area contributed by atoms with Crippen molar-refractivity contribution in [3.8, 4) is 5.75 Å². The molecule has 0 bridgehead atoms. The smallest absolute Gasteiger partial charge is 0.229 e. The number of anilines is 3. The summed E-state index contributed by atoms with van der Waals surface area (Å²) in [5.74, 6) is 2.32. The van der Waals surface area contributed by atoms with Gasteiger partial charge in [0.1, 0.15) is 11.6 Å². The van der Waals surface area contributed by atoms with Crippen molar-refractivity contribution in [1.29, 1.82) is 0 Å². The molecule has 0 aliphatic carbocycles. The minimum absolute atomic E-state index is 0.159. The lowest BCUT2D eigenvalue weighted by Crippen LogP contribution is -2.18. The second-order valence-electron chi connectivity index (χ2n) is 6.85. The fourth-order valence-corrected chi connectivity index (χ4v) is 2.76. The lowest BCUT2D eigenvalue weighted by molar-refractivity contribution is 0.242. The Morgan fingerprint density at radius 2 is 1.70 bits per heavy atom. The molecule has 0 atom stereocenters. The number of hydrogen-bond acceptors (Lipinski definition) is 5. The van der Waals surface area contributed by atoms with Crippen LogP contribution in [0.5, 0.6) is 5.75 Å². The molecule has 5 heteroatoms. The number of benzene rings is 2. The Hall–Kier alpha value is -3.08. The molecule has 0 saturated heterocycles. The summed E-state index contributed by atoms with van der Waals surface area (Å²) in [5, 5.41) is 3.28. The lowest BCUT2D eigenvalue weighted by atomic mass is 10.2. The predicted octanol–water partition coefficient (Wildman–Crippen LogP) is 4.95. The first-order valence-electron chi connectivity index (χ1n) is 9.14. The molecule has 5 nitrogen and oxygen atoms in total. The highest BCUT2D eigenvalue weighted by molar-refractivity contribution is 5.56. The van der Waals surface area contributed by atoms with E-state index in [2.05, 4.69) is 32.3 Å². The molecule has 0 fully saturated rings. The van der Waals surface area contributed by atoms with Gasteiger partial charge in [-0.25, -0.2) is 4.98 Å². The van der Waals surface area contributed by atoms with Gasteiger partial charge < -0.3 is 15.0 Å². The van der Waals surface area contributed by atoms with Gasteiger partial charge in [-0.3, -0.25) is 0 Å². The summed E-state index contributed by atoms with van der Waals surface area (Å²) in [6.07, 6.45) is 0.159. The molecule has 1 aromatic heterocycles.